The topological polar surface area (TPSA) is 37.3 Å². The van der Waals surface area contributed by atoms with Gasteiger partial charge in [-0.25, -0.2) is 0 Å². The lowest BCUT2D eigenvalue weighted by Gasteiger charge is -2.31. The largest absolute Gasteiger partial charge is 0.481 e. The van der Waals surface area contributed by atoms with Crippen molar-refractivity contribution in [1.29, 1.82) is 0 Å². The molecule has 0 aliphatic heterocycles. The van der Waals surface area contributed by atoms with E-state index in [-0.39, 0.29) is 0 Å². The van der Waals surface area contributed by atoms with Gasteiger partial charge in [0.15, 0.2) is 0 Å². The van der Waals surface area contributed by atoms with E-state index in [9.17, 15) is 4.79 Å². The quantitative estimate of drug-likeness (QED) is 0.303. The molecule has 0 aromatic heterocycles. The van der Waals surface area contributed by atoms with Gasteiger partial charge < -0.3 is 5.11 Å². The van der Waals surface area contributed by atoms with Crippen LogP contribution in [0.15, 0.2) is 0 Å². The maximum Gasteiger partial charge on any atom is 0.303 e. The van der Waals surface area contributed by atoms with Crippen LogP contribution >= 0.6 is 11.8 Å². The molecule has 142 valence electrons. The molecule has 2 bridgehead atoms. The van der Waals surface area contributed by atoms with E-state index < -0.39 is 5.97 Å². The lowest BCUT2D eigenvalue weighted by molar-refractivity contribution is -0.137. The van der Waals surface area contributed by atoms with Gasteiger partial charge in [-0.3, -0.25) is 4.79 Å². The minimum Gasteiger partial charge on any atom is -0.481 e. The Morgan fingerprint density at radius 2 is 1.72 bits per heavy atom. The third-order valence-corrected chi connectivity index (χ3v) is 7.57. The Kier molecular flexibility index (Phi) is 9.84. The summed E-state index contributed by atoms with van der Waals surface area (Å²) in [4.78, 5) is 10.6. The van der Waals surface area contributed by atoms with Gasteiger partial charge in [-0.1, -0.05) is 25.7 Å². The molecule has 4 atom stereocenters. The molecular formula is C22H36O2S. The second kappa shape index (κ2) is 11.9. The molecule has 2 fully saturated rings. The number of hydrogen-bond acceptors (Lipinski definition) is 2. The number of hydrogen-bond donors (Lipinski definition) is 1. The molecule has 1 N–H and O–H groups in total. The highest BCUT2D eigenvalue weighted by Crippen LogP contribution is 2.54. The normalized spacial score (nSPS) is 27.5. The summed E-state index contributed by atoms with van der Waals surface area (Å²) >= 11 is 2.19. The Bertz CT molecular complexity index is 428. The third-order valence-electron chi connectivity index (χ3n) is 6.37. The molecule has 25 heavy (non-hydrogen) atoms. The Morgan fingerprint density at radius 1 is 1.00 bits per heavy atom. The van der Waals surface area contributed by atoms with Crippen LogP contribution in [0.25, 0.3) is 0 Å². The first-order valence-electron chi connectivity index (χ1n) is 10.5. The number of terminal acetylenes is 1. The van der Waals surface area contributed by atoms with Crippen molar-refractivity contribution in [2.24, 2.45) is 23.7 Å². The van der Waals surface area contributed by atoms with Crippen molar-refractivity contribution >= 4 is 17.7 Å². The van der Waals surface area contributed by atoms with Crippen LogP contribution in [0.1, 0.15) is 83.5 Å². The molecule has 0 unspecified atom stereocenters. The number of carbonyl (C=O) groups is 1. The number of unbranched alkanes of at least 4 members (excludes halogenated alkanes) is 6. The summed E-state index contributed by atoms with van der Waals surface area (Å²) in [6.07, 6.45) is 20.7. The molecule has 2 aliphatic carbocycles. The van der Waals surface area contributed by atoms with Crippen LogP contribution in [0, 0.1) is 36.0 Å². The Hall–Kier alpha value is -0.620. The Labute approximate surface area is 158 Å². The van der Waals surface area contributed by atoms with Crippen molar-refractivity contribution < 1.29 is 9.90 Å². The van der Waals surface area contributed by atoms with Crippen LogP contribution in [0.2, 0.25) is 0 Å². The molecule has 0 radical (unpaired) electrons. The highest BCUT2D eigenvalue weighted by molar-refractivity contribution is 7.99. The number of carboxylic acids is 1. The van der Waals surface area contributed by atoms with Crippen LogP contribution in [0.5, 0.6) is 0 Å². The third kappa shape index (κ3) is 7.26. The van der Waals surface area contributed by atoms with E-state index in [0.717, 1.165) is 42.9 Å². The summed E-state index contributed by atoms with van der Waals surface area (Å²) in [5.74, 6) is 8.71. The van der Waals surface area contributed by atoms with E-state index in [0.29, 0.717) is 6.42 Å². The van der Waals surface area contributed by atoms with Gasteiger partial charge >= 0.3 is 5.97 Å². The number of fused-ring (bicyclic) bond motifs is 2. The number of thioether (sulfide) groups is 1. The van der Waals surface area contributed by atoms with Gasteiger partial charge in [-0.2, -0.15) is 11.8 Å². The van der Waals surface area contributed by atoms with Gasteiger partial charge in [0.05, 0.1) is 0 Å². The van der Waals surface area contributed by atoms with Gasteiger partial charge in [0, 0.05) is 12.8 Å². The first-order valence-corrected chi connectivity index (χ1v) is 11.6. The summed E-state index contributed by atoms with van der Waals surface area (Å²) in [5.41, 5.74) is 0. The Morgan fingerprint density at radius 3 is 2.48 bits per heavy atom. The summed E-state index contributed by atoms with van der Waals surface area (Å²) in [7, 11) is 0. The molecule has 3 heteroatoms. The highest BCUT2D eigenvalue weighted by atomic mass is 32.2. The summed E-state index contributed by atoms with van der Waals surface area (Å²) in [5, 5.41) is 8.70. The fraction of sp³-hybridized carbons (Fsp3) is 0.864. The maximum absolute atomic E-state index is 10.6. The second-order valence-corrected chi connectivity index (χ2v) is 9.25. The monoisotopic (exact) mass is 364 g/mol. The van der Waals surface area contributed by atoms with Crippen LogP contribution in [-0.4, -0.2) is 22.6 Å². The standard InChI is InChI=1S/C22H36O2S/c1-2-3-4-7-10-15-25-17-21-19-14-13-18(16-19)20(21)11-8-5-6-9-12-22(23)24/h1,18-21H,3-17H2,(H,23,24)/t18-,19+,20-,21+/m0/s1. The minimum absolute atomic E-state index is 0.342. The van der Waals surface area contributed by atoms with E-state index in [1.807, 2.05) is 0 Å². The lowest BCUT2D eigenvalue weighted by Crippen LogP contribution is -2.24. The molecule has 0 saturated heterocycles. The molecule has 0 heterocycles. The van der Waals surface area contributed by atoms with E-state index in [1.165, 1.54) is 69.3 Å². The Balaban J connectivity index is 1.58. The molecule has 2 rings (SSSR count). The fourth-order valence-corrected chi connectivity index (χ4v) is 6.44. The zero-order chi connectivity index (χ0) is 17.9. The van der Waals surface area contributed by atoms with Crippen molar-refractivity contribution in [3.05, 3.63) is 0 Å². The first kappa shape index (κ1) is 20.7. The van der Waals surface area contributed by atoms with Crippen LogP contribution < -0.4 is 0 Å². The van der Waals surface area contributed by atoms with E-state index in [1.54, 1.807) is 0 Å². The van der Waals surface area contributed by atoms with Crippen molar-refractivity contribution in [1.82, 2.24) is 0 Å². The first-order chi connectivity index (χ1) is 12.2. The minimum atomic E-state index is -0.649. The summed E-state index contributed by atoms with van der Waals surface area (Å²) < 4.78 is 0. The van der Waals surface area contributed by atoms with E-state index in [2.05, 4.69) is 17.7 Å². The maximum atomic E-state index is 10.6. The summed E-state index contributed by atoms with van der Waals surface area (Å²) in [6, 6.07) is 0. The fourth-order valence-electron chi connectivity index (χ4n) is 5.08. The predicted octanol–water partition coefficient (Wildman–Crippen LogP) is 6.00. The SMILES string of the molecule is C#CCCCCCSC[C@@H]1[C@@H]2CC[C@@H](C2)[C@@H]1CCCCCCC(=O)O. The second-order valence-electron chi connectivity index (χ2n) is 8.10. The number of rotatable bonds is 14. The van der Waals surface area contributed by atoms with Gasteiger partial charge in [-0.05, 0) is 80.1 Å². The van der Waals surface area contributed by atoms with Gasteiger partial charge in [0.2, 0.25) is 0 Å². The van der Waals surface area contributed by atoms with Crippen molar-refractivity contribution in [3.8, 4) is 12.3 Å². The average molecular weight is 365 g/mol. The van der Waals surface area contributed by atoms with Crippen molar-refractivity contribution in [2.45, 2.75) is 83.5 Å². The number of aliphatic carboxylic acids is 1. The smallest absolute Gasteiger partial charge is 0.303 e. The van der Waals surface area contributed by atoms with Crippen molar-refractivity contribution in [3.63, 3.8) is 0 Å². The highest BCUT2D eigenvalue weighted by Gasteiger charge is 2.46. The molecule has 0 amide bonds. The van der Waals surface area contributed by atoms with Gasteiger partial charge in [-0.15, -0.1) is 12.3 Å². The summed E-state index contributed by atoms with van der Waals surface area (Å²) in [6.45, 7) is 0. The van der Waals surface area contributed by atoms with Crippen molar-refractivity contribution in [2.75, 3.05) is 11.5 Å². The van der Waals surface area contributed by atoms with Crippen LogP contribution in [0.4, 0.5) is 0 Å². The molecule has 0 spiro atoms. The predicted molar refractivity (Wildman–Crippen MR) is 108 cm³/mol. The molecule has 2 nitrogen and oxygen atoms in total. The zero-order valence-corrected chi connectivity index (χ0v) is 16.6. The molecule has 0 aromatic carbocycles. The van der Waals surface area contributed by atoms with E-state index >= 15 is 0 Å². The molecular weight excluding hydrogens is 328 g/mol. The average Bonchev–Trinajstić information content (AvgIpc) is 3.19. The van der Waals surface area contributed by atoms with Gasteiger partial charge in [0.1, 0.15) is 0 Å². The van der Waals surface area contributed by atoms with E-state index in [4.69, 9.17) is 11.5 Å². The molecule has 2 aliphatic rings. The molecule has 2 saturated carbocycles. The van der Waals surface area contributed by atoms with Crippen LogP contribution in [0.3, 0.4) is 0 Å². The number of carboxylic acid groups (broad SMARTS) is 1. The lowest BCUT2D eigenvalue weighted by atomic mass is 9.77. The van der Waals surface area contributed by atoms with Gasteiger partial charge in [0.25, 0.3) is 0 Å². The van der Waals surface area contributed by atoms with Crippen LogP contribution in [-0.2, 0) is 4.79 Å². The molecule has 0 aromatic rings. The zero-order valence-electron chi connectivity index (χ0n) is 15.8.